The normalized spacial score (nSPS) is 51.4. The number of hydrogen-bond donors (Lipinski definition) is 21. The first-order chi connectivity index (χ1) is 40.6. The molecule has 21 aliphatic heterocycles. The Morgan fingerprint density at radius 2 is 0.447 bits per heavy atom. The molecule has 496 valence electrons. The third-order valence-corrected chi connectivity index (χ3v) is 16.7. The third-order valence-electron chi connectivity index (χ3n) is 16.7. The van der Waals surface area contributed by atoms with Crippen LogP contribution in [0.5, 0.6) is 0 Å². The summed E-state index contributed by atoms with van der Waals surface area (Å²) in [5, 5.41) is 227. The monoisotopic (exact) mass is 1250 g/mol. The minimum atomic E-state index is -2.20. The van der Waals surface area contributed by atoms with Gasteiger partial charge in [0.25, 0.3) is 0 Å². The molecule has 0 unspecified atom stereocenters. The zero-order valence-electron chi connectivity index (χ0n) is 46.3. The summed E-state index contributed by atoms with van der Waals surface area (Å²) < 4.78 is 81.6. The van der Waals surface area contributed by atoms with Gasteiger partial charge in [-0.1, -0.05) is 13.8 Å². The van der Waals surface area contributed by atoms with E-state index in [-0.39, 0.29) is 13.0 Å². The summed E-state index contributed by atoms with van der Waals surface area (Å²) in [6.45, 7) is 0.530. The molecule has 0 radical (unpaired) electrons. The van der Waals surface area contributed by atoms with E-state index in [1.54, 1.807) is 0 Å². The predicted octanol–water partition coefficient (Wildman–Crippen LogP) is -13.9. The van der Waals surface area contributed by atoms with Crippen LogP contribution in [0.4, 0.5) is 0 Å². The van der Waals surface area contributed by atoms with E-state index in [4.69, 9.17) is 66.3 Å². The van der Waals surface area contributed by atoms with Crippen LogP contribution in [0, 0.1) is 0 Å². The molecule has 21 fully saturated rings. The van der Waals surface area contributed by atoms with E-state index in [0.717, 1.165) is 13.1 Å². The number of nitrogens with one attached hydrogen (secondary N) is 1. The summed E-state index contributed by atoms with van der Waals surface area (Å²) in [5.74, 6) is 0. The molecular formula is C49H86N2O34. The van der Waals surface area contributed by atoms with Crippen molar-refractivity contribution in [1.82, 2.24) is 10.2 Å². The van der Waals surface area contributed by atoms with Crippen LogP contribution in [0.1, 0.15) is 20.3 Å². The molecule has 0 aromatic rings. The smallest absolute Gasteiger partial charge is 0.187 e. The first kappa shape index (κ1) is 69.4. The minimum absolute atomic E-state index is 0.0624. The van der Waals surface area contributed by atoms with Crippen molar-refractivity contribution < 1.29 is 168 Å². The number of rotatable bonds is 14. The maximum Gasteiger partial charge on any atom is 0.187 e. The Bertz CT molecular complexity index is 1980. The summed E-state index contributed by atoms with van der Waals surface area (Å²) in [7, 11) is 0. The van der Waals surface area contributed by atoms with Gasteiger partial charge in [-0.15, -0.1) is 0 Å². The predicted molar refractivity (Wildman–Crippen MR) is 267 cm³/mol. The summed E-state index contributed by atoms with van der Waals surface area (Å²) in [6.07, 6.45) is -68.8. The van der Waals surface area contributed by atoms with E-state index in [9.17, 15) is 102 Å². The number of aliphatic hydroxyl groups excluding tert-OH is 20. The molecule has 85 heavy (non-hydrogen) atoms. The van der Waals surface area contributed by atoms with Crippen LogP contribution >= 0.6 is 0 Å². The van der Waals surface area contributed by atoms with E-state index in [1.165, 1.54) is 0 Å². The molecule has 0 aromatic heterocycles. The van der Waals surface area contributed by atoms with Crippen LogP contribution in [-0.4, -0.2) is 394 Å². The molecule has 0 amide bonds. The molecule has 21 rings (SSSR count). The lowest BCUT2D eigenvalue weighted by Gasteiger charge is -2.50. The molecule has 0 aromatic carbocycles. The number of hydrogen-bond acceptors (Lipinski definition) is 36. The largest absolute Gasteiger partial charge is 0.394 e. The van der Waals surface area contributed by atoms with Gasteiger partial charge < -0.3 is 179 Å². The molecule has 21 heterocycles. The van der Waals surface area contributed by atoms with Gasteiger partial charge in [-0.25, -0.2) is 0 Å². The van der Waals surface area contributed by atoms with E-state index >= 15 is 0 Å². The van der Waals surface area contributed by atoms with Crippen LogP contribution in [-0.2, 0) is 66.3 Å². The Hall–Kier alpha value is -1.44. The lowest BCUT2D eigenvalue weighted by molar-refractivity contribution is -0.396. The first-order valence-electron chi connectivity index (χ1n) is 28.4. The van der Waals surface area contributed by atoms with Crippen molar-refractivity contribution >= 4 is 0 Å². The Morgan fingerprint density at radius 1 is 0.259 bits per heavy atom. The van der Waals surface area contributed by atoms with E-state index < -0.39 is 255 Å². The number of ether oxygens (including phenoxy) is 14. The molecule has 0 aliphatic carbocycles. The molecule has 21 N–H and O–H groups in total. The molecule has 36 nitrogen and oxygen atoms in total. The van der Waals surface area contributed by atoms with Crippen LogP contribution < -0.4 is 5.32 Å². The Morgan fingerprint density at radius 3 is 0.635 bits per heavy atom. The van der Waals surface area contributed by atoms with Crippen molar-refractivity contribution in [2.75, 3.05) is 72.4 Å². The number of aliphatic hydroxyl groups is 20. The van der Waals surface area contributed by atoms with E-state index in [2.05, 4.69) is 10.2 Å². The van der Waals surface area contributed by atoms with Gasteiger partial charge in [0.1, 0.15) is 165 Å². The quantitative estimate of drug-likeness (QED) is 0.0718. The number of likely N-dealkylation sites (N-methyl/N-ethyl adjacent to an activating group) is 1. The minimum Gasteiger partial charge on any atom is -0.394 e. The van der Waals surface area contributed by atoms with Crippen molar-refractivity contribution in [2.45, 2.75) is 235 Å². The number of nitrogens with zero attached hydrogens (tertiary/aromatic N) is 1. The van der Waals surface area contributed by atoms with Gasteiger partial charge in [0.15, 0.2) is 44.0 Å². The van der Waals surface area contributed by atoms with Crippen molar-refractivity contribution in [3.8, 4) is 0 Å². The first-order valence-corrected chi connectivity index (χ1v) is 28.4. The van der Waals surface area contributed by atoms with E-state index in [0.29, 0.717) is 13.1 Å². The SMILES string of the molecule is CCN(CC)CCNCC[C@H]1O[C@@H]2O[C@H]3[C@H](O)[C@@H](O)[C@@H](O[C@H]4[C@H](O)[C@@H](O)[C@@H](O[C@H]5[C@H](O)[C@@H](O)[C@@H](O[C@H]6[C@H](O)[C@@H](O)[C@@H](O[C@H]7[C@H](O)[C@@H](O)[C@@H](O[C@H]8[C@H](O)[C@@H](O)[C@@H](O[C@H]1[C@H](O)[C@H]2O)O[C@@H]8CO)O[C@@H]7CO)O[C@@H]6CO)O[C@@H]5CO)O[C@@H]4CO)O[C@@H]3CO. The standard InChI is InChI=1S/C49H86N2O34/c1-3-51(4-2)8-7-50-6-5-15-36-22(58)29(65)43(72-15)80-37-16(9-52)74-45(31(67)24(37)60)82-39-18(11-54)76-47(33(69)26(39)62)84-41-20(13-56)78-49(35(71)28(41)64)85-42-21(14-57)77-48(34(70)27(42)63)83-40-19(12-55)75-46(32(68)25(40)61)81-38-17(10-53)73-44(79-36)30(66)23(38)59/h15-50,52-71H,3-14H2,1-2H3/t15-,16-,17-,18-,19-,20-,21-,22-,23-,24-,25-,26-,27-,28-,29-,30-,31-,32-,33-,34-,35-,36-,37-,38-,39-,40-,41-,42-,43-,44-,45-,46-,47-,48-,49-/m1/s1. The van der Waals surface area contributed by atoms with Gasteiger partial charge in [0.05, 0.1) is 45.7 Å². The fourth-order valence-electron chi connectivity index (χ4n) is 11.6. The van der Waals surface area contributed by atoms with Gasteiger partial charge in [0, 0.05) is 13.1 Å². The highest BCUT2D eigenvalue weighted by Crippen LogP contribution is 2.39. The van der Waals surface area contributed by atoms with Gasteiger partial charge >= 0.3 is 0 Å². The van der Waals surface area contributed by atoms with Crippen molar-refractivity contribution in [3.05, 3.63) is 0 Å². The van der Waals surface area contributed by atoms with Crippen LogP contribution in [0.3, 0.4) is 0 Å². The Labute approximate surface area is 485 Å². The van der Waals surface area contributed by atoms with Crippen molar-refractivity contribution in [1.29, 1.82) is 0 Å². The van der Waals surface area contributed by atoms with Gasteiger partial charge in [-0.2, -0.15) is 0 Å². The lowest BCUT2D eigenvalue weighted by atomic mass is 9.94. The molecule has 0 saturated carbocycles. The maximum atomic E-state index is 11.8. The highest BCUT2D eigenvalue weighted by molar-refractivity contribution is 5.02. The van der Waals surface area contributed by atoms with Gasteiger partial charge in [-0.05, 0) is 26.1 Å². The second kappa shape index (κ2) is 30.8. The van der Waals surface area contributed by atoms with Crippen LogP contribution in [0.2, 0.25) is 0 Å². The molecule has 21 aliphatic rings. The Balaban J connectivity index is 1.09. The zero-order valence-corrected chi connectivity index (χ0v) is 46.3. The molecule has 35 atom stereocenters. The second-order valence-electron chi connectivity index (χ2n) is 22.0. The van der Waals surface area contributed by atoms with E-state index in [1.807, 2.05) is 13.8 Å². The molecule has 21 saturated heterocycles. The van der Waals surface area contributed by atoms with Crippen molar-refractivity contribution in [2.24, 2.45) is 0 Å². The molecule has 0 spiro atoms. The zero-order chi connectivity index (χ0) is 61.9. The highest BCUT2D eigenvalue weighted by Gasteiger charge is 2.59. The molecule has 36 heteroatoms. The maximum absolute atomic E-state index is 11.8. The summed E-state index contributed by atoms with van der Waals surface area (Å²) in [6, 6.07) is 0. The molecule has 14 bridgehead atoms. The summed E-state index contributed by atoms with van der Waals surface area (Å²) in [5.41, 5.74) is 0. The highest BCUT2D eigenvalue weighted by atomic mass is 16.8. The van der Waals surface area contributed by atoms with Gasteiger partial charge in [-0.3, -0.25) is 0 Å². The van der Waals surface area contributed by atoms with Crippen LogP contribution in [0.15, 0.2) is 0 Å². The second-order valence-corrected chi connectivity index (χ2v) is 22.0. The molecular weight excluding hydrogens is 1160 g/mol. The van der Waals surface area contributed by atoms with Crippen LogP contribution in [0.25, 0.3) is 0 Å². The lowest BCUT2D eigenvalue weighted by Crippen LogP contribution is -2.68. The third kappa shape index (κ3) is 14.8. The fourth-order valence-corrected chi connectivity index (χ4v) is 11.6. The fraction of sp³-hybridized carbons (Fsp3) is 1.00. The summed E-state index contributed by atoms with van der Waals surface area (Å²) in [4.78, 5) is 2.13. The van der Waals surface area contributed by atoms with Gasteiger partial charge in [0.2, 0.25) is 0 Å². The Kier molecular flexibility index (Phi) is 25.2. The average molecular weight is 1250 g/mol. The van der Waals surface area contributed by atoms with Crippen molar-refractivity contribution in [3.63, 3.8) is 0 Å². The summed E-state index contributed by atoms with van der Waals surface area (Å²) >= 11 is 0. The average Bonchev–Trinajstić information content (AvgIpc) is 3.15. The topological polar surface area (TPSA) is 549 Å².